The van der Waals surface area contributed by atoms with Gasteiger partial charge in [-0.15, -0.1) is 0 Å². The van der Waals surface area contributed by atoms with Gasteiger partial charge in [0.05, 0.1) is 30.0 Å². The van der Waals surface area contributed by atoms with Crippen LogP contribution >= 0.6 is 0 Å². The maximum atomic E-state index is 11.0. The Morgan fingerprint density at radius 1 is 1.29 bits per heavy atom. The number of ether oxygens (including phenoxy) is 2. The molecule has 7 heteroatoms. The molecule has 0 aliphatic carbocycles. The minimum absolute atomic E-state index is 0.0611. The van der Waals surface area contributed by atoms with Crippen molar-refractivity contribution in [2.75, 3.05) is 7.11 Å². The van der Waals surface area contributed by atoms with Gasteiger partial charge in [-0.2, -0.15) is 0 Å². The molecular formula is C14H14N2O5. The van der Waals surface area contributed by atoms with Crippen molar-refractivity contribution in [3.63, 3.8) is 0 Å². The first-order chi connectivity index (χ1) is 10.0. The van der Waals surface area contributed by atoms with E-state index in [0.29, 0.717) is 17.2 Å². The maximum Gasteiger partial charge on any atom is 0.311 e. The van der Waals surface area contributed by atoms with Gasteiger partial charge in [-0.1, -0.05) is 0 Å². The van der Waals surface area contributed by atoms with E-state index >= 15 is 0 Å². The minimum atomic E-state index is -0.690. The molecule has 0 aliphatic rings. The predicted octanol–water partition coefficient (Wildman–Crippen LogP) is 2.84. The van der Waals surface area contributed by atoms with Crippen molar-refractivity contribution in [3.05, 3.63) is 52.3 Å². The zero-order chi connectivity index (χ0) is 15.4. The molecule has 0 bridgehead atoms. The fourth-order valence-corrected chi connectivity index (χ4v) is 1.68. The zero-order valence-electron chi connectivity index (χ0n) is 11.5. The fourth-order valence-electron chi connectivity index (χ4n) is 1.68. The molecule has 1 unspecified atom stereocenters. The van der Waals surface area contributed by atoms with Gasteiger partial charge in [0.25, 0.3) is 0 Å². The van der Waals surface area contributed by atoms with Crippen LogP contribution in [-0.4, -0.2) is 22.1 Å². The van der Waals surface area contributed by atoms with E-state index < -0.39 is 11.0 Å². The second-order valence-electron chi connectivity index (χ2n) is 4.29. The number of aromatic nitrogens is 1. The van der Waals surface area contributed by atoms with Crippen molar-refractivity contribution in [1.82, 2.24) is 4.98 Å². The van der Waals surface area contributed by atoms with Gasteiger partial charge in [-0.25, -0.2) is 0 Å². The van der Waals surface area contributed by atoms with Crippen LogP contribution in [0.1, 0.15) is 18.7 Å². The van der Waals surface area contributed by atoms with Crippen LogP contribution in [0.5, 0.6) is 17.2 Å². The lowest BCUT2D eigenvalue weighted by Gasteiger charge is -2.09. The summed E-state index contributed by atoms with van der Waals surface area (Å²) in [5, 5.41) is 20.4. The molecule has 1 aromatic heterocycles. The molecule has 1 aromatic carbocycles. The summed E-state index contributed by atoms with van der Waals surface area (Å²) in [5.41, 5.74) is 0.317. The van der Waals surface area contributed by atoms with Crippen molar-refractivity contribution >= 4 is 5.69 Å². The summed E-state index contributed by atoms with van der Waals surface area (Å²) in [6.45, 7) is 1.59. The first-order valence-electron chi connectivity index (χ1n) is 6.15. The lowest BCUT2D eigenvalue weighted by molar-refractivity contribution is -0.385. The Hall–Kier alpha value is -2.67. The average Bonchev–Trinajstić information content (AvgIpc) is 2.47. The van der Waals surface area contributed by atoms with Gasteiger partial charge in [-0.3, -0.25) is 15.1 Å². The zero-order valence-corrected chi connectivity index (χ0v) is 11.5. The number of nitro benzene ring substituents is 1. The molecule has 110 valence electrons. The summed E-state index contributed by atoms with van der Waals surface area (Å²) >= 11 is 0. The number of hydrogen-bond donors (Lipinski definition) is 1. The number of benzene rings is 1. The number of methoxy groups -OCH3 is 1. The molecular weight excluding hydrogens is 276 g/mol. The van der Waals surface area contributed by atoms with Crippen molar-refractivity contribution in [1.29, 1.82) is 0 Å². The highest BCUT2D eigenvalue weighted by Crippen LogP contribution is 2.34. The highest BCUT2D eigenvalue weighted by Gasteiger charge is 2.17. The van der Waals surface area contributed by atoms with Crippen LogP contribution < -0.4 is 9.47 Å². The smallest absolute Gasteiger partial charge is 0.311 e. The van der Waals surface area contributed by atoms with Gasteiger partial charge >= 0.3 is 5.69 Å². The van der Waals surface area contributed by atoms with Crippen LogP contribution in [0.3, 0.4) is 0 Å². The molecule has 0 amide bonds. The summed E-state index contributed by atoms with van der Waals surface area (Å²) in [6, 6.07) is 7.40. The molecule has 1 N–H and O–H groups in total. The van der Waals surface area contributed by atoms with Crippen molar-refractivity contribution < 1.29 is 19.5 Å². The Kier molecular flexibility index (Phi) is 4.34. The van der Waals surface area contributed by atoms with E-state index in [9.17, 15) is 15.2 Å². The molecule has 0 spiro atoms. The number of pyridine rings is 1. The van der Waals surface area contributed by atoms with E-state index in [2.05, 4.69) is 4.98 Å². The summed E-state index contributed by atoms with van der Waals surface area (Å²) in [5.74, 6) is 0.839. The van der Waals surface area contributed by atoms with E-state index in [1.165, 1.54) is 31.5 Å². The molecule has 0 radical (unpaired) electrons. The normalized spacial score (nSPS) is 11.8. The topological polar surface area (TPSA) is 94.7 Å². The number of hydrogen-bond acceptors (Lipinski definition) is 6. The van der Waals surface area contributed by atoms with Crippen LogP contribution in [0.25, 0.3) is 0 Å². The largest absolute Gasteiger partial charge is 0.497 e. The number of nitrogens with zero attached hydrogens (tertiary/aromatic N) is 2. The number of aliphatic hydroxyl groups is 1. The lowest BCUT2D eigenvalue weighted by atomic mass is 10.2. The van der Waals surface area contributed by atoms with Crippen LogP contribution in [0.4, 0.5) is 5.69 Å². The van der Waals surface area contributed by atoms with Crippen LogP contribution in [0.15, 0.2) is 36.5 Å². The first-order valence-corrected chi connectivity index (χ1v) is 6.15. The Balaban J connectivity index is 2.31. The Morgan fingerprint density at radius 2 is 2.00 bits per heavy atom. The number of aliphatic hydroxyl groups excluding tert-OH is 1. The van der Waals surface area contributed by atoms with Crippen LogP contribution in [-0.2, 0) is 0 Å². The standard InChI is InChI=1S/C14H14N2O5/c1-9(17)12-5-3-11(8-15-12)21-14-7-10(20-2)4-6-13(14)16(18)19/h3-9,17H,1-2H3. The number of nitro groups is 1. The van der Waals surface area contributed by atoms with E-state index in [4.69, 9.17) is 9.47 Å². The highest BCUT2D eigenvalue weighted by atomic mass is 16.6. The third kappa shape index (κ3) is 3.46. The van der Waals surface area contributed by atoms with Crippen molar-refractivity contribution in [3.8, 4) is 17.2 Å². The quantitative estimate of drug-likeness (QED) is 0.672. The van der Waals surface area contributed by atoms with Gasteiger partial charge in [0.2, 0.25) is 5.75 Å². The first kappa shape index (κ1) is 14.7. The summed E-state index contributed by atoms with van der Waals surface area (Å²) in [6.07, 6.45) is 0.704. The lowest BCUT2D eigenvalue weighted by Crippen LogP contribution is -1.97. The van der Waals surface area contributed by atoms with Gasteiger partial charge in [0.1, 0.15) is 11.5 Å². The van der Waals surface area contributed by atoms with Crippen LogP contribution in [0, 0.1) is 10.1 Å². The SMILES string of the molecule is COc1ccc([N+](=O)[O-])c(Oc2ccc(C(C)O)nc2)c1. The summed E-state index contributed by atoms with van der Waals surface area (Å²) in [4.78, 5) is 14.5. The summed E-state index contributed by atoms with van der Waals surface area (Å²) in [7, 11) is 1.46. The molecule has 2 aromatic rings. The molecule has 2 rings (SSSR count). The average molecular weight is 290 g/mol. The van der Waals surface area contributed by atoms with E-state index in [1.807, 2.05) is 0 Å². The van der Waals surface area contributed by atoms with Crippen molar-refractivity contribution in [2.24, 2.45) is 0 Å². The second-order valence-corrected chi connectivity index (χ2v) is 4.29. The van der Waals surface area contributed by atoms with Crippen LogP contribution in [0.2, 0.25) is 0 Å². The van der Waals surface area contributed by atoms with E-state index in [1.54, 1.807) is 19.1 Å². The molecule has 0 saturated heterocycles. The van der Waals surface area contributed by atoms with E-state index in [-0.39, 0.29) is 11.4 Å². The van der Waals surface area contributed by atoms with E-state index in [0.717, 1.165) is 0 Å². The third-order valence-corrected chi connectivity index (χ3v) is 2.78. The predicted molar refractivity (Wildman–Crippen MR) is 74.6 cm³/mol. The second kappa shape index (κ2) is 6.19. The maximum absolute atomic E-state index is 11.0. The molecule has 1 atom stereocenters. The fraction of sp³-hybridized carbons (Fsp3) is 0.214. The molecule has 0 aliphatic heterocycles. The number of rotatable bonds is 5. The molecule has 21 heavy (non-hydrogen) atoms. The summed E-state index contributed by atoms with van der Waals surface area (Å²) < 4.78 is 10.5. The van der Waals surface area contributed by atoms with Gasteiger partial charge in [-0.05, 0) is 25.1 Å². The Morgan fingerprint density at radius 3 is 2.52 bits per heavy atom. The molecule has 1 heterocycles. The molecule has 0 fully saturated rings. The van der Waals surface area contributed by atoms with Crippen molar-refractivity contribution in [2.45, 2.75) is 13.0 Å². The minimum Gasteiger partial charge on any atom is -0.497 e. The molecule has 7 nitrogen and oxygen atoms in total. The monoisotopic (exact) mass is 290 g/mol. The van der Waals surface area contributed by atoms with Gasteiger partial charge < -0.3 is 14.6 Å². The molecule has 0 saturated carbocycles. The van der Waals surface area contributed by atoms with Gasteiger partial charge in [0, 0.05) is 12.1 Å². The third-order valence-electron chi connectivity index (χ3n) is 2.78. The Labute approximate surface area is 120 Å². The highest BCUT2D eigenvalue weighted by molar-refractivity contribution is 5.52. The van der Waals surface area contributed by atoms with Gasteiger partial charge in [0.15, 0.2) is 0 Å². The Bertz CT molecular complexity index is 640.